The third-order valence-corrected chi connectivity index (χ3v) is 7.02. The van der Waals surface area contributed by atoms with Crippen LogP contribution < -0.4 is 10.3 Å². The molecule has 0 unspecified atom stereocenters. The smallest absolute Gasteiger partial charge is 0.297 e. The zero-order valence-electron chi connectivity index (χ0n) is 15.9. The summed E-state index contributed by atoms with van der Waals surface area (Å²) < 4.78 is 6.71. The number of thiazole rings is 1. The molecule has 8 heteroatoms. The summed E-state index contributed by atoms with van der Waals surface area (Å²) in [5, 5.41) is 1.46. The van der Waals surface area contributed by atoms with Crippen LogP contribution in [0.2, 0.25) is 5.02 Å². The average Bonchev–Trinajstić information content (AvgIpc) is 3.19. The van der Waals surface area contributed by atoms with Crippen LogP contribution in [0, 0.1) is 13.8 Å². The van der Waals surface area contributed by atoms with Crippen molar-refractivity contribution in [3.05, 3.63) is 89.6 Å². The third-order valence-electron chi connectivity index (χ3n) is 5.22. The van der Waals surface area contributed by atoms with Gasteiger partial charge in [-0.05, 0) is 49.7 Å². The van der Waals surface area contributed by atoms with E-state index in [-0.39, 0.29) is 17.1 Å². The number of amides is 1. The number of nitrogens with zero attached hydrogens (tertiary/aromatic N) is 2. The molecule has 0 fully saturated rings. The molecule has 5 nitrogen and oxygen atoms in total. The molecule has 2 aromatic heterocycles. The lowest BCUT2D eigenvalue weighted by Gasteiger charge is -2.22. The maximum absolute atomic E-state index is 13.5. The van der Waals surface area contributed by atoms with Crippen molar-refractivity contribution in [3.63, 3.8) is 0 Å². The van der Waals surface area contributed by atoms with Crippen molar-refractivity contribution < 1.29 is 9.21 Å². The average molecular weight is 502 g/mol. The summed E-state index contributed by atoms with van der Waals surface area (Å²) in [5.41, 5.74) is 2.00. The van der Waals surface area contributed by atoms with Crippen LogP contribution in [0.5, 0.6) is 0 Å². The number of carbonyl (C=O) groups excluding carboxylic acids is 1. The number of aromatic nitrogens is 1. The van der Waals surface area contributed by atoms with E-state index in [9.17, 15) is 9.59 Å². The highest BCUT2D eigenvalue weighted by atomic mass is 79.9. The molecule has 0 spiro atoms. The first-order valence-electron chi connectivity index (χ1n) is 9.14. The van der Waals surface area contributed by atoms with E-state index in [1.165, 1.54) is 11.3 Å². The Morgan fingerprint density at radius 2 is 1.97 bits per heavy atom. The van der Waals surface area contributed by atoms with E-state index >= 15 is 0 Å². The summed E-state index contributed by atoms with van der Waals surface area (Å²) in [6.45, 7) is 3.85. The zero-order valence-corrected chi connectivity index (χ0v) is 19.1. The molecular weight excluding hydrogens is 488 g/mol. The van der Waals surface area contributed by atoms with Gasteiger partial charge in [0.15, 0.2) is 10.6 Å². The van der Waals surface area contributed by atoms with Crippen molar-refractivity contribution in [2.75, 3.05) is 4.90 Å². The fraction of sp³-hybridized carbons (Fsp3) is 0.136. The van der Waals surface area contributed by atoms with Crippen molar-refractivity contribution in [1.29, 1.82) is 0 Å². The number of hydrogen-bond acceptors (Lipinski definition) is 5. The van der Waals surface area contributed by atoms with Gasteiger partial charge in [-0.3, -0.25) is 14.5 Å². The van der Waals surface area contributed by atoms with Gasteiger partial charge in [-0.2, -0.15) is 0 Å². The molecule has 2 aromatic carbocycles. The van der Waals surface area contributed by atoms with Gasteiger partial charge in [0, 0.05) is 14.4 Å². The number of rotatable bonds is 2. The maximum Gasteiger partial charge on any atom is 0.297 e. The molecule has 0 radical (unpaired) electrons. The van der Waals surface area contributed by atoms with Crippen LogP contribution >= 0.6 is 38.9 Å². The van der Waals surface area contributed by atoms with Crippen molar-refractivity contribution in [2.45, 2.75) is 19.9 Å². The highest BCUT2D eigenvalue weighted by Crippen LogP contribution is 2.43. The van der Waals surface area contributed by atoms with Crippen LogP contribution in [0.25, 0.3) is 11.0 Å². The van der Waals surface area contributed by atoms with Gasteiger partial charge in [0.1, 0.15) is 5.58 Å². The molecule has 30 heavy (non-hydrogen) atoms. The monoisotopic (exact) mass is 500 g/mol. The molecule has 0 saturated heterocycles. The van der Waals surface area contributed by atoms with Crippen molar-refractivity contribution in [1.82, 2.24) is 4.98 Å². The number of anilines is 1. The lowest BCUT2D eigenvalue weighted by molar-refractivity contribution is 0.0971. The molecule has 5 rings (SSSR count). The quantitative estimate of drug-likeness (QED) is 0.336. The minimum atomic E-state index is -0.671. The van der Waals surface area contributed by atoms with E-state index in [0.29, 0.717) is 26.7 Å². The first-order valence-corrected chi connectivity index (χ1v) is 11.1. The minimum absolute atomic E-state index is 0.0466. The molecule has 0 aliphatic carbocycles. The first-order chi connectivity index (χ1) is 14.3. The summed E-state index contributed by atoms with van der Waals surface area (Å²) >= 11 is 11.1. The summed E-state index contributed by atoms with van der Waals surface area (Å²) in [7, 11) is 0. The molecular formula is C22H14BrClN2O3S. The van der Waals surface area contributed by atoms with Crippen LogP contribution in [0.4, 0.5) is 5.13 Å². The number of benzene rings is 2. The topological polar surface area (TPSA) is 63.4 Å². The van der Waals surface area contributed by atoms with Gasteiger partial charge in [-0.15, -0.1) is 11.3 Å². The van der Waals surface area contributed by atoms with E-state index in [0.717, 1.165) is 20.6 Å². The van der Waals surface area contributed by atoms with Crippen LogP contribution in [-0.2, 0) is 0 Å². The summed E-state index contributed by atoms with van der Waals surface area (Å²) in [6, 6.07) is 11.7. The summed E-state index contributed by atoms with van der Waals surface area (Å²) in [4.78, 5) is 34.1. The second-order valence-corrected chi connectivity index (χ2v) is 9.62. The SMILES string of the molecule is Cc1nc(N2C(=O)c3oc4ccc(Br)cc4c(=O)c3[C@@H]2c2cccc(Cl)c2)sc1C. The first kappa shape index (κ1) is 19.5. The lowest BCUT2D eigenvalue weighted by atomic mass is 9.99. The largest absolute Gasteiger partial charge is 0.450 e. The highest BCUT2D eigenvalue weighted by molar-refractivity contribution is 9.10. The Morgan fingerprint density at radius 3 is 2.67 bits per heavy atom. The minimum Gasteiger partial charge on any atom is -0.450 e. The van der Waals surface area contributed by atoms with E-state index in [2.05, 4.69) is 20.9 Å². The fourth-order valence-electron chi connectivity index (χ4n) is 3.69. The van der Waals surface area contributed by atoms with Gasteiger partial charge in [0.25, 0.3) is 5.91 Å². The zero-order chi connectivity index (χ0) is 21.2. The molecule has 1 aliphatic rings. The Bertz CT molecular complexity index is 1390. The fourth-order valence-corrected chi connectivity index (χ4v) is 5.19. The number of fused-ring (bicyclic) bond motifs is 2. The van der Waals surface area contributed by atoms with Crippen LogP contribution in [0.15, 0.2) is 56.1 Å². The Hall–Kier alpha value is -2.48. The van der Waals surface area contributed by atoms with Gasteiger partial charge in [0.05, 0.1) is 22.7 Å². The van der Waals surface area contributed by atoms with Gasteiger partial charge < -0.3 is 4.42 Å². The molecule has 3 heterocycles. The van der Waals surface area contributed by atoms with Crippen LogP contribution in [0.1, 0.15) is 38.3 Å². The summed E-state index contributed by atoms with van der Waals surface area (Å²) in [5.74, 6) is -0.337. The Balaban J connectivity index is 1.84. The highest BCUT2D eigenvalue weighted by Gasteiger charge is 2.45. The second-order valence-electron chi connectivity index (χ2n) is 7.09. The molecule has 1 aliphatic heterocycles. The normalized spacial score (nSPS) is 15.8. The molecule has 0 bridgehead atoms. The van der Waals surface area contributed by atoms with Gasteiger partial charge >= 0.3 is 0 Å². The lowest BCUT2D eigenvalue weighted by Crippen LogP contribution is -2.29. The van der Waals surface area contributed by atoms with E-state index in [4.69, 9.17) is 16.0 Å². The predicted octanol–water partition coefficient (Wildman–Crippen LogP) is 6.03. The van der Waals surface area contributed by atoms with Crippen LogP contribution in [0.3, 0.4) is 0 Å². The van der Waals surface area contributed by atoms with E-state index in [1.54, 1.807) is 41.3 Å². The molecule has 0 saturated carbocycles. The van der Waals surface area contributed by atoms with E-state index in [1.807, 2.05) is 19.9 Å². The Kier molecular flexibility index (Phi) is 4.57. The summed E-state index contributed by atoms with van der Waals surface area (Å²) in [6.07, 6.45) is 0. The van der Waals surface area contributed by atoms with Crippen molar-refractivity contribution in [2.24, 2.45) is 0 Å². The van der Waals surface area contributed by atoms with Gasteiger partial charge in [0.2, 0.25) is 5.76 Å². The third kappa shape index (κ3) is 2.92. The Morgan fingerprint density at radius 1 is 1.17 bits per heavy atom. The number of hydrogen-bond donors (Lipinski definition) is 0. The number of aryl methyl sites for hydroxylation is 2. The number of carbonyl (C=O) groups is 1. The molecule has 1 atom stereocenters. The van der Waals surface area contributed by atoms with Gasteiger partial charge in [-0.25, -0.2) is 4.98 Å². The molecule has 4 aromatic rings. The van der Waals surface area contributed by atoms with E-state index < -0.39 is 6.04 Å². The maximum atomic E-state index is 13.5. The standard InChI is InChI=1S/C22H14BrClN2O3S/c1-10-11(2)30-22(25-10)26-18(12-4-3-5-14(24)8-12)17-19(27)15-9-13(23)6-7-16(15)29-20(17)21(26)28/h3-9,18H,1-2H3/t18-/m0/s1. The molecule has 1 amide bonds. The Labute approximate surface area is 189 Å². The van der Waals surface area contributed by atoms with Crippen molar-refractivity contribution in [3.8, 4) is 0 Å². The van der Waals surface area contributed by atoms with Crippen molar-refractivity contribution >= 4 is 60.9 Å². The van der Waals surface area contributed by atoms with Crippen LogP contribution in [-0.4, -0.2) is 10.9 Å². The number of halogens is 2. The molecule has 150 valence electrons. The second kappa shape index (κ2) is 7.04. The molecule has 0 N–H and O–H groups in total. The van der Waals surface area contributed by atoms with Gasteiger partial charge in [-0.1, -0.05) is 39.7 Å². The predicted molar refractivity (Wildman–Crippen MR) is 122 cm³/mol.